The van der Waals surface area contributed by atoms with Gasteiger partial charge in [-0.15, -0.1) is 0 Å². The molecule has 0 radical (unpaired) electrons. The summed E-state index contributed by atoms with van der Waals surface area (Å²) < 4.78 is 10.3. The third kappa shape index (κ3) is 6.23. The van der Waals surface area contributed by atoms with Crippen molar-refractivity contribution in [3.05, 3.63) is 47.8 Å². The van der Waals surface area contributed by atoms with Crippen LogP contribution in [0, 0.1) is 0 Å². The molecule has 1 amide bonds. The molecule has 1 aliphatic rings. The number of morpholine rings is 1. The number of benzene rings is 1. The number of hydrogen-bond acceptors (Lipinski definition) is 8. The fraction of sp³-hybridized carbons (Fsp3) is 0.400. The molecule has 0 atom stereocenters. The summed E-state index contributed by atoms with van der Waals surface area (Å²) in [6.07, 6.45) is 1.53. The van der Waals surface area contributed by atoms with Crippen LogP contribution in [0.3, 0.4) is 0 Å². The molecular formula is C20H25N5O4. The minimum absolute atomic E-state index is 0.249. The van der Waals surface area contributed by atoms with Gasteiger partial charge in [-0.05, 0) is 37.3 Å². The van der Waals surface area contributed by atoms with E-state index in [-0.39, 0.29) is 17.6 Å². The normalized spacial score (nSPS) is 14.2. The summed E-state index contributed by atoms with van der Waals surface area (Å²) >= 11 is 0. The molecule has 29 heavy (non-hydrogen) atoms. The number of rotatable bonds is 8. The summed E-state index contributed by atoms with van der Waals surface area (Å²) in [4.78, 5) is 34.7. The van der Waals surface area contributed by atoms with Crippen LogP contribution in [0.2, 0.25) is 0 Å². The fourth-order valence-corrected chi connectivity index (χ4v) is 2.82. The van der Waals surface area contributed by atoms with Crippen LogP contribution in [0.5, 0.6) is 0 Å². The molecule has 0 bridgehead atoms. The van der Waals surface area contributed by atoms with Gasteiger partial charge in [-0.1, -0.05) is 0 Å². The third-order valence-electron chi connectivity index (χ3n) is 4.36. The molecular weight excluding hydrogens is 374 g/mol. The Hall–Kier alpha value is -3.04. The fourth-order valence-electron chi connectivity index (χ4n) is 2.82. The van der Waals surface area contributed by atoms with E-state index in [1.165, 1.54) is 6.20 Å². The van der Waals surface area contributed by atoms with Crippen molar-refractivity contribution >= 4 is 23.5 Å². The van der Waals surface area contributed by atoms with Crippen molar-refractivity contribution in [1.82, 2.24) is 20.2 Å². The van der Waals surface area contributed by atoms with Crippen molar-refractivity contribution in [3.63, 3.8) is 0 Å². The number of anilines is 2. The third-order valence-corrected chi connectivity index (χ3v) is 4.36. The van der Waals surface area contributed by atoms with Crippen LogP contribution in [-0.2, 0) is 9.47 Å². The van der Waals surface area contributed by atoms with Gasteiger partial charge in [-0.25, -0.2) is 14.8 Å². The number of ether oxygens (including phenoxy) is 2. The van der Waals surface area contributed by atoms with Gasteiger partial charge in [-0.2, -0.15) is 0 Å². The Labute approximate surface area is 169 Å². The maximum Gasteiger partial charge on any atom is 0.338 e. The first-order valence-electron chi connectivity index (χ1n) is 9.61. The van der Waals surface area contributed by atoms with Crippen LogP contribution < -0.4 is 10.6 Å². The molecule has 154 valence electrons. The molecule has 1 aromatic carbocycles. The van der Waals surface area contributed by atoms with E-state index in [1.54, 1.807) is 37.3 Å². The summed E-state index contributed by atoms with van der Waals surface area (Å²) in [5.41, 5.74) is 1.45. The van der Waals surface area contributed by atoms with E-state index in [9.17, 15) is 9.59 Å². The Balaban J connectivity index is 1.53. The van der Waals surface area contributed by atoms with E-state index in [0.717, 1.165) is 32.8 Å². The zero-order chi connectivity index (χ0) is 20.5. The van der Waals surface area contributed by atoms with Crippen molar-refractivity contribution < 1.29 is 19.1 Å². The lowest BCUT2D eigenvalue weighted by atomic mass is 10.2. The van der Waals surface area contributed by atoms with Crippen LogP contribution in [0.1, 0.15) is 27.8 Å². The number of aromatic nitrogens is 2. The Morgan fingerprint density at radius 1 is 1.17 bits per heavy atom. The SMILES string of the molecule is CCOC(=O)c1ccc(Nc2nccc(C(=O)NCCN3CCOCC3)n2)cc1. The molecule has 0 unspecified atom stereocenters. The van der Waals surface area contributed by atoms with Gasteiger partial charge in [0, 0.05) is 38.1 Å². The molecule has 0 spiro atoms. The van der Waals surface area contributed by atoms with Crippen molar-refractivity contribution in [3.8, 4) is 0 Å². The van der Waals surface area contributed by atoms with Gasteiger partial charge in [0.25, 0.3) is 5.91 Å². The zero-order valence-corrected chi connectivity index (χ0v) is 16.4. The van der Waals surface area contributed by atoms with Gasteiger partial charge >= 0.3 is 5.97 Å². The van der Waals surface area contributed by atoms with Crippen molar-refractivity contribution in [2.24, 2.45) is 0 Å². The number of nitrogens with one attached hydrogen (secondary N) is 2. The van der Waals surface area contributed by atoms with Crippen molar-refractivity contribution in [1.29, 1.82) is 0 Å². The largest absolute Gasteiger partial charge is 0.462 e. The topological polar surface area (TPSA) is 106 Å². The van der Waals surface area contributed by atoms with Crippen molar-refractivity contribution in [2.45, 2.75) is 6.92 Å². The van der Waals surface area contributed by atoms with Gasteiger partial charge < -0.3 is 20.1 Å². The maximum atomic E-state index is 12.3. The Kier molecular flexibility index (Phi) is 7.48. The first kappa shape index (κ1) is 20.7. The molecule has 1 aromatic heterocycles. The van der Waals surface area contributed by atoms with Crippen LogP contribution in [0.4, 0.5) is 11.6 Å². The highest BCUT2D eigenvalue weighted by Crippen LogP contribution is 2.14. The molecule has 9 nitrogen and oxygen atoms in total. The Morgan fingerprint density at radius 2 is 1.93 bits per heavy atom. The van der Waals surface area contributed by atoms with Gasteiger partial charge in [0.1, 0.15) is 5.69 Å². The van der Waals surface area contributed by atoms with Gasteiger partial charge in [0.05, 0.1) is 25.4 Å². The minimum atomic E-state index is -0.369. The van der Waals surface area contributed by atoms with Crippen LogP contribution >= 0.6 is 0 Å². The highest BCUT2D eigenvalue weighted by Gasteiger charge is 2.12. The second-order valence-electron chi connectivity index (χ2n) is 6.40. The molecule has 3 rings (SSSR count). The molecule has 1 saturated heterocycles. The quantitative estimate of drug-likeness (QED) is 0.643. The van der Waals surface area contributed by atoms with E-state index in [0.29, 0.717) is 30.4 Å². The first-order chi connectivity index (χ1) is 14.2. The number of amides is 1. The smallest absolute Gasteiger partial charge is 0.338 e. The Bertz CT molecular complexity index is 822. The predicted molar refractivity (Wildman–Crippen MR) is 107 cm³/mol. The molecule has 2 aromatic rings. The molecule has 0 saturated carbocycles. The number of carbonyl (C=O) groups excluding carboxylic acids is 2. The Morgan fingerprint density at radius 3 is 2.66 bits per heavy atom. The lowest BCUT2D eigenvalue weighted by Gasteiger charge is -2.26. The van der Waals surface area contributed by atoms with Gasteiger partial charge in [0.2, 0.25) is 5.95 Å². The van der Waals surface area contributed by atoms with Crippen LogP contribution in [0.15, 0.2) is 36.5 Å². The number of esters is 1. The van der Waals surface area contributed by atoms with Crippen LogP contribution in [0.25, 0.3) is 0 Å². The predicted octanol–water partition coefficient (Wildman–Crippen LogP) is 1.46. The molecule has 2 N–H and O–H groups in total. The maximum absolute atomic E-state index is 12.3. The average Bonchev–Trinajstić information content (AvgIpc) is 2.75. The standard InChI is InChI=1S/C20H25N5O4/c1-2-29-19(27)15-3-5-16(6-4-15)23-20-22-8-7-17(24-20)18(26)21-9-10-25-11-13-28-14-12-25/h3-8H,2,9-14H2,1H3,(H,21,26)(H,22,23,24). The van der Waals surface area contributed by atoms with Gasteiger partial charge in [-0.3, -0.25) is 9.69 Å². The monoisotopic (exact) mass is 399 g/mol. The summed E-state index contributed by atoms with van der Waals surface area (Å²) in [5, 5.41) is 5.91. The highest BCUT2D eigenvalue weighted by atomic mass is 16.5. The summed E-state index contributed by atoms with van der Waals surface area (Å²) in [7, 11) is 0. The highest BCUT2D eigenvalue weighted by molar-refractivity contribution is 5.92. The van der Waals surface area contributed by atoms with E-state index >= 15 is 0 Å². The van der Waals surface area contributed by atoms with Crippen LogP contribution in [-0.4, -0.2) is 72.7 Å². The van der Waals surface area contributed by atoms with E-state index in [4.69, 9.17) is 9.47 Å². The summed E-state index contributed by atoms with van der Waals surface area (Å²) in [5.74, 6) is -0.317. The minimum Gasteiger partial charge on any atom is -0.462 e. The molecule has 9 heteroatoms. The first-order valence-corrected chi connectivity index (χ1v) is 9.61. The molecule has 1 fully saturated rings. The van der Waals surface area contributed by atoms with Crippen molar-refractivity contribution in [2.75, 3.05) is 51.3 Å². The van der Waals surface area contributed by atoms with E-state index in [1.807, 2.05) is 0 Å². The molecule has 2 heterocycles. The lowest BCUT2D eigenvalue weighted by molar-refractivity contribution is 0.0383. The van der Waals surface area contributed by atoms with E-state index < -0.39 is 0 Å². The number of hydrogen-bond donors (Lipinski definition) is 2. The second kappa shape index (κ2) is 10.5. The molecule has 0 aliphatic carbocycles. The molecule has 1 aliphatic heterocycles. The summed E-state index contributed by atoms with van der Waals surface area (Å²) in [6, 6.07) is 8.33. The van der Waals surface area contributed by atoms with Gasteiger partial charge in [0.15, 0.2) is 0 Å². The van der Waals surface area contributed by atoms with E-state index in [2.05, 4.69) is 25.5 Å². The number of nitrogens with zero attached hydrogens (tertiary/aromatic N) is 3. The summed E-state index contributed by atoms with van der Waals surface area (Å²) in [6.45, 7) is 6.63. The number of carbonyl (C=O) groups is 2. The average molecular weight is 399 g/mol. The zero-order valence-electron chi connectivity index (χ0n) is 16.4. The second-order valence-corrected chi connectivity index (χ2v) is 6.40. The lowest BCUT2D eigenvalue weighted by Crippen LogP contribution is -2.41.